The Balaban J connectivity index is 0.000000180. The van der Waals surface area contributed by atoms with E-state index in [-0.39, 0.29) is 82.5 Å². The van der Waals surface area contributed by atoms with Gasteiger partial charge in [-0.3, -0.25) is 28.0 Å². The van der Waals surface area contributed by atoms with Crippen molar-refractivity contribution in [1.29, 1.82) is 0 Å². The Hall–Kier alpha value is -7.62. The summed E-state index contributed by atoms with van der Waals surface area (Å²) in [7, 11) is -13.2. The van der Waals surface area contributed by atoms with E-state index in [1.165, 1.54) is 103 Å². The van der Waals surface area contributed by atoms with E-state index in [1.54, 1.807) is 0 Å². The zero-order chi connectivity index (χ0) is 44.7. The number of benzene rings is 4. The molecule has 0 amide bonds. The third kappa shape index (κ3) is 10.1. The number of hydrogen-bond donors (Lipinski definition) is 6. The van der Waals surface area contributed by atoms with Crippen molar-refractivity contribution in [2.75, 3.05) is 0 Å². The van der Waals surface area contributed by atoms with Gasteiger partial charge in [0.25, 0.3) is 47.7 Å². The Labute approximate surface area is 337 Å². The first-order valence-electron chi connectivity index (χ1n) is 15.9. The maximum atomic E-state index is 11.7. The van der Waals surface area contributed by atoms with Crippen LogP contribution < -0.4 is 0 Å². The van der Waals surface area contributed by atoms with Gasteiger partial charge in [-0.25, -0.2) is 0 Å². The first kappa shape index (κ1) is 45.1. The molecule has 0 heterocycles. The van der Waals surface area contributed by atoms with Gasteiger partial charge in [0.2, 0.25) is 0 Å². The molecule has 0 radical (unpaired) electrons. The number of carbonyl (C=O) groups is 3. The molecule has 0 saturated carbocycles. The second-order valence-electron chi connectivity index (χ2n) is 11.7. The predicted molar refractivity (Wildman–Crippen MR) is 206 cm³/mol. The van der Waals surface area contributed by atoms with Crippen molar-refractivity contribution in [1.82, 2.24) is 0 Å². The molecule has 306 valence electrons. The van der Waals surface area contributed by atoms with Crippen molar-refractivity contribution in [3.63, 3.8) is 0 Å². The van der Waals surface area contributed by atoms with Crippen LogP contribution in [0.25, 0.3) is 34.8 Å². The number of fused-ring (bicyclic) bond motifs is 3. The van der Waals surface area contributed by atoms with Gasteiger partial charge in [0.05, 0.1) is 0 Å². The second kappa shape index (κ2) is 17.9. The molecule has 24 heteroatoms. The first-order valence-corrected chi connectivity index (χ1v) is 20.2. The van der Waals surface area contributed by atoms with Crippen LogP contribution in [0.3, 0.4) is 0 Å². The largest absolute Gasteiger partial charge is 0.508 e. The highest BCUT2D eigenvalue weighted by Crippen LogP contribution is 2.29. The van der Waals surface area contributed by atoms with E-state index in [4.69, 9.17) is 45.6 Å². The lowest BCUT2D eigenvalue weighted by molar-refractivity contribution is -0.00459. The van der Waals surface area contributed by atoms with Crippen LogP contribution in [0, 0.1) is 0 Å². The monoisotopic (exact) mass is 876 g/mol. The van der Waals surface area contributed by atoms with Gasteiger partial charge in [-0.1, -0.05) is 36.4 Å². The van der Waals surface area contributed by atoms with E-state index < -0.39 is 47.7 Å². The lowest BCUT2D eigenvalue weighted by atomic mass is 9.95. The van der Waals surface area contributed by atoms with Crippen molar-refractivity contribution >= 4 is 83.1 Å². The van der Waals surface area contributed by atoms with Crippen LogP contribution in [0.15, 0.2) is 106 Å². The average molecular weight is 877 g/mol. The molecule has 0 atom stereocenters. The van der Waals surface area contributed by atoms with Crippen LogP contribution in [-0.2, 0) is 30.4 Å². The molecule has 60 heavy (non-hydrogen) atoms. The summed E-state index contributed by atoms with van der Waals surface area (Å²) < 4.78 is 93.6. The Morgan fingerprint density at radius 3 is 0.950 bits per heavy atom. The fourth-order valence-corrected chi connectivity index (χ4v) is 7.41. The number of rotatable bonds is 3. The maximum Gasteiger partial charge on any atom is 0.362 e. The Morgan fingerprint density at radius 1 is 0.417 bits per heavy atom. The number of hydrogen-bond acceptors (Lipinski definition) is 12. The lowest BCUT2D eigenvalue weighted by Crippen LogP contribution is -2.19. The van der Waals surface area contributed by atoms with Crippen LogP contribution in [0.5, 0.6) is 17.2 Å². The first-order chi connectivity index (χ1) is 28.0. The Kier molecular flexibility index (Phi) is 13.4. The lowest BCUT2D eigenvalue weighted by Gasteiger charge is -2.09. The summed E-state index contributed by atoms with van der Waals surface area (Å²) in [5.41, 5.74) is 25.6. The standard InChI is InChI=1S/3C10H6N2O4S.C6H6O3/c3*11-12-8-5-4-6-7(10(8)13)2-1-3-9(6)17(14,15)16;7-4-1-2-5(8)6(9)3-4/h3*1-5H,(H,14,15,16);1-3,7-9H. The van der Waals surface area contributed by atoms with Gasteiger partial charge >= 0.3 is 17.1 Å². The van der Waals surface area contributed by atoms with Gasteiger partial charge in [-0.05, 0) is 48.6 Å². The van der Waals surface area contributed by atoms with Crippen LogP contribution in [-0.4, -0.2) is 103 Å². The van der Waals surface area contributed by atoms with Gasteiger partial charge in [-0.15, -0.1) is 0 Å². The van der Waals surface area contributed by atoms with Crippen molar-refractivity contribution in [2.45, 2.75) is 14.7 Å². The SMILES string of the molecule is Oc1ccc(O)c(O)c1.[N-]=[N+]=C1C=Cc2c(cccc2S(=O)(=O)O)C1=O.[N-]=[N+]=C1C=Cc2c(cccc2S(=O)(=O)O)C1=O.[N-]=[N+]=C1C=Cc2c(cccc2S(=O)(=O)O)C1=O. The second-order valence-corrected chi connectivity index (χ2v) is 15.9. The van der Waals surface area contributed by atoms with E-state index in [2.05, 4.69) is 14.4 Å². The zero-order valence-corrected chi connectivity index (χ0v) is 32.1. The number of Topliss-reactive ketones (excluding diaryl/α,β-unsaturated/α-hetero) is 3. The predicted octanol–water partition coefficient (Wildman–Crippen LogP) is 3.24. The van der Waals surface area contributed by atoms with E-state index in [9.17, 15) is 39.6 Å². The molecular formula is C36H24N6O15S3. The molecule has 6 N–H and O–H groups in total. The average Bonchev–Trinajstić information content (AvgIpc) is 3.19. The molecule has 3 aliphatic rings. The molecule has 3 aliphatic carbocycles. The van der Waals surface area contributed by atoms with Crippen molar-refractivity contribution < 1.29 is 83.0 Å². The minimum atomic E-state index is -4.40. The molecule has 0 fully saturated rings. The third-order valence-corrected chi connectivity index (χ3v) is 10.7. The minimum absolute atomic E-state index is 0.0645. The molecule has 4 aromatic rings. The summed E-state index contributed by atoms with van der Waals surface area (Å²) in [4.78, 5) is 42.4. The highest BCUT2D eigenvalue weighted by atomic mass is 32.2. The fraction of sp³-hybridized carbons (Fsp3) is 0. The molecule has 0 unspecified atom stereocenters. The van der Waals surface area contributed by atoms with E-state index in [0.717, 1.165) is 6.07 Å². The molecule has 7 rings (SSSR count). The van der Waals surface area contributed by atoms with Crippen LogP contribution in [0.2, 0.25) is 0 Å². The van der Waals surface area contributed by atoms with Gasteiger partial charge in [0.15, 0.2) is 11.5 Å². The van der Waals surface area contributed by atoms with Gasteiger partial charge in [-0.2, -0.15) is 39.6 Å². The Bertz CT molecular complexity index is 2830. The number of aromatic hydroxyl groups is 3. The number of ketones is 3. The zero-order valence-electron chi connectivity index (χ0n) is 29.7. The van der Waals surface area contributed by atoms with E-state index in [0.29, 0.717) is 0 Å². The molecule has 0 saturated heterocycles. The minimum Gasteiger partial charge on any atom is -0.508 e. The Morgan fingerprint density at radius 2 is 0.717 bits per heavy atom. The topological polar surface area (TPSA) is 384 Å². The summed E-state index contributed by atoms with van der Waals surface area (Å²) in [6.07, 6.45) is 7.44. The summed E-state index contributed by atoms with van der Waals surface area (Å²) in [6.45, 7) is 0. The third-order valence-electron chi connectivity index (χ3n) is 7.97. The number of phenolic OH excluding ortho intramolecular Hbond substituents is 3. The molecule has 0 aliphatic heterocycles. The summed E-state index contributed by atoms with van der Waals surface area (Å²) in [5.74, 6) is -2.41. The highest BCUT2D eigenvalue weighted by molar-refractivity contribution is 7.86. The van der Waals surface area contributed by atoms with Crippen LogP contribution in [0.1, 0.15) is 47.8 Å². The van der Waals surface area contributed by atoms with Crippen molar-refractivity contribution in [3.05, 3.63) is 141 Å². The number of phenols is 3. The molecule has 0 bridgehead atoms. The summed E-state index contributed by atoms with van der Waals surface area (Å²) >= 11 is 0. The summed E-state index contributed by atoms with van der Waals surface area (Å²) in [5, 5.41) is 26.0. The van der Waals surface area contributed by atoms with Crippen molar-refractivity contribution in [3.8, 4) is 17.2 Å². The normalized spacial score (nSPS) is 13.7. The molecule has 4 aromatic carbocycles. The van der Waals surface area contributed by atoms with Gasteiger partial charge in [0, 0.05) is 57.7 Å². The molecule has 0 aromatic heterocycles. The highest BCUT2D eigenvalue weighted by Gasteiger charge is 2.31. The maximum absolute atomic E-state index is 11.7. The van der Waals surface area contributed by atoms with Crippen LogP contribution >= 0.6 is 0 Å². The van der Waals surface area contributed by atoms with E-state index >= 15 is 0 Å². The van der Waals surface area contributed by atoms with E-state index in [1.807, 2.05) is 0 Å². The molecule has 21 nitrogen and oxygen atoms in total. The summed E-state index contributed by atoms with van der Waals surface area (Å²) in [6, 6.07) is 15.3. The van der Waals surface area contributed by atoms with Crippen molar-refractivity contribution in [2.24, 2.45) is 0 Å². The van der Waals surface area contributed by atoms with Crippen LogP contribution in [0.4, 0.5) is 0 Å². The quantitative estimate of drug-likeness (QED) is 0.0565. The number of allylic oxidation sites excluding steroid dienone is 3. The fourth-order valence-electron chi connectivity index (χ4n) is 5.29. The smallest absolute Gasteiger partial charge is 0.362 e. The number of nitrogens with zero attached hydrogens (tertiary/aromatic N) is 6. The molecule has 0 spiro atoms. The number of carbonyl (C=O) groups excluding carboxylic acids is 3. The molecular weight excluding hydrogens is 853 g/mol. The van der Waals surface area contributed by atoms with Gasteiger partial charge in [0.1, 0.15) is 20.4 Å². The van der Waals surface area contributed by atoms with Gasteiger partial charge < -0.3 is 31.9 Å².